The average Bonchev–Trinajstić information content (AvgIpc) is 2.48. The molecule has 0 spiro atoms. The number of hydrogen-bond acceptors (Lipinski definition) is 4. The topological polar surface area (TPSA) is 54.4 Å². The summed E-state index contributed by atoms with van der Waals surface area (Å²) in [5, 5.41) is 11.7. The molecule has 1 heterocycles. The Labute approximate surface area is 113 Å². The Morgan fingerprint density at radius 2 is 1.95 bits per heavy atom. The molecule has 0 aliphatic heterocycles. The molecule has 0 saturated carbocycles. The minimum Gasteiger partial charge on any atom is -0.487 e. The van der Waals surface area contributed by atoms with E-state index in [0.717, 1.165) is 17.0 Å². The van der Waals surface area contributed by atoms with Crippen molar-refractivity contribution in [2.75, 3.05) is 13.2 Å². The highest BCUT2D eigenvalue weighted by atomic mass is 16.5. The molecule has 2 rings (SSSR count). The predicted octanol–water partition coefficient (Wildman–Crippen LogP) is 1.74. The Morgan fingerprint density at radius 1 is 1.11 bits per heavy atom. The molecule has 4 nitrogen and oxygen atoms in total. The van der Waals surface area contributed by atoms with Crippen molar-refractivity contribution >= 4 is 0 Å². The summed E-state index contributed by atoms with van der Waals surface area (Å²) >= 11 is 0. The number of aromatic nitrogens is 1. The second-order valence-corrected chi connectivity index (χ2v) is 4.16. The Bertz CT molecular complexity index is 471. The summed E-state index contributed by atoms with van der Waals surface area (Å²) in [6, 6.07) is 13.9. The number of pyridine rings is 1. The number of rotatable bonds is 7. The molecule has 0 fully saturated rings. The lowest BCUT2D eigenvalue weighted by Crippen LogP contribution is -2.18. The highest BCUT2D eigenvalue weighted by molar-refractivity contribution is 5.21. The van der Waals surface area contributed by atoms with Crippen LogP contribution in [0.5, 0.6) is 5.75 Å². The number of nitrogens with one attached hydrogen (secondary N) is 1. The molecule has 2 aromatic rings. The smallest absolute Gasteiger partial charge is 0.138 e. The SMILES string of the molecule is OCCNCc1ccc(OCc2ccccc2)cn1. The van der Waals surface area contributed by atoms with E-state index in [1.54, 1.807) is 6.20 Å². The number of aliphatic hydroxyl groups is 1. The van der Waals surface area contributed by atoms with Crippen molar-refractivity contribution in [2.24, 2.45) is 0 Å². The number of hydrogen-bond donors (Lipinski definition) is 2. The summed E-state index contributed by atoms with van der Waals surface area (Å²) < 4.78 is 5.65. The fourth-order valence-corrected chi connectivity index (χ4v) is 1.64. The normalized spacial score (nSPS) is 10.4. The van der Waals surface area contributed by atoms with Gasteiger partial charge in [-0.05, 0) is 17.7 Å². The van der Waals surface area contributed by atoms with Crippen LogP contribution in [0.15, 0.2) is 48.7 Å². The van der Waals surface area contributed by atoms with Gasteiger partial charge in [-0.2, -0.15) is 0 Å². The van der Waals surface area contributed by atoms with Gasteiger partial charge in [-0.25, -0.2) is 0 Å². The average molecular weight is 258 g/mol. The Morgan fingerprint density at radius 3 is 2.63 bits per heavy atom. The van der Waals surface area contributed by atoms with Crippen LogP contribution in [0.1, 0.15) is 11.3 Å². The van der Waals surface area contributed by atoms with E-state index in [4.69, 9.17) is 9.84 Å². The summed E-state index contributed by atoms with van der Waals surface area (Å²) in [4.78, 5) is 4.29. The molecule has 1 aromatic heterocycles. The van der Waals surface area contributed by atoms with Crippen LogP contribution in [0.2, 0.25) is 0 Å². The lowest BCUT2D eigenvalue weighted by atomic mass is 10.2. The maximum atomic E-state index is 8.66. The fraction of sp³-hybridized carbons (Fsp3) is 0.267. The molecule has 4 heteroatoms. The van der Waals surface area contributed by atoms with Crippen molar-refractivity contribution in [1.29, 1.82) is 0 Å². The van der Waals surface area contributed by atoms with Crippen LogP contribution in [0.4, 0.5) is 0 Å². The van der Waals surface area contributed by atoms with Gasteiger partial charge in [0, 0.05) is 13.1 Å². The van der Waals surface area contributed by atoms with Gasteiger partial charge in [-0.15, -0.1) is 0 Å². The molecular weight excluding hydrogens is 240 g/mol. The van der Waals surface area contributed by atoms with E-state index in [2.05, 4.69) is 10.3 Å². The van der Waals surface area contributed by atoms with Crippen molar-refractivity contribution in [3.05, 3.63) is 59.9 Å². The van der Waals surface area contributed by atoms with Crippen molar-refractivity contribution in [3.8, 4) is 5.75 Å². The first-order valence-electron chi connectivity index (χ1n) is 6.32. The molecule has 1 aromatic carbocycles. The number of nitrogens with zero attached hydrogens (tertiary/aromatic N) is 1. The summed E-state index contributed by atoms with van der Waals surface area (Å²) in [6.07, 6.45) is 1.72. The molecule has 19 heavy (non-hydrogen) atoms. The van der Waals surface area contributed by atoms with Crippen molar-refractivity contribution in [1.82, 2.24) is 10.3 Å². The van der Waals surface area contributed by atoms with Gasteiger partial charge >= 0.3 is 0 Å². The van der Waals surface area contributed by atoms with Gasteiger partial charge in [0.1, 0.15) is 12.4 Å². The van der Waals surface area contributed by atoms with Crippen LogP contribution >= 0.6 is 0 Å². The van der Waals surface area contributed by atoms with Crippen LogP contribution in [-0.2, 0) is 13.2 Å². The zero-order valence-corrected chi connectivity index (χ0v) is 10.7. The molecule has 0 atom stereocenters. The van der Waals surface area contributed by atoms with Crippen molar-refractivity contribution < 1.29 is 9.84 Å². The summed E-state index contributed by atoms with van der Waals surface area (Å²) in [7, 11) is 0. The third-order valence-electron chi connectivity index (χ3n) is 2.64. The van der Waals surface area contributed by atoms with E-state index in [9.17, 15) is 0 Å². The second-order valence-electron chi connectivity index (χ2n) is 4.16. The van der Waals surface area contributed by atoms with Crippen molar-refractivity contribution in [2.45, 2.75) is 13.2 Å². The fourth-order valence-electron chi connectivity index (χ4n) is 1.64. The highest BCUT2D eigenvalue weighted by Gasteiger charge is 1.98. The zero-order chi connectivity index (χ0) is 13.3. The van der Waals surface area contributed by atoms with E-state index in [1.807, 2.05) is 42.5 Å². The first-order chi connectivity index (χ1) is 9.38. The molecule has 0 radical (unpaired) electrons. The maximum Gasteiger partial charge on any atom is 0.138 e. The monoisotopic (exact) mass is 258 g/mol. The number of ether oxygens (including phenoxy) is 1. The molecule has 0 saturated heterocycles. The highest BCUT2D eigenvalue weighted by Crippen LogP contribution is 2.11. The van der Waals surface area contributed by atoms with Crippen LogP contribution in [0.25, 0.3) is 0 Å². The van der Waals surface area contributed by atoms with E-state index in [1.165, 1.54) is 0 Å². The molecule has 0 aliphatic carbocycles. The Kier molecular flexibility index (Phi) is 5.34. The minimum absolute atomic E-state index is 0.137. The molecule has 100 valence electrons. The molecule has 0 amide bonds. The van der Waals surface area contributed by atoms with Gasteiger partial charge in [0.05, 0.1) is 18.5 Å². The first kappa shape index (κ1) is 13.5. The molecular formula is C15H18N2O2. The third kappa shape index (κ3) is 4.69. The lowest BCUT2D eigenvalue weighted by molar-refractivity contribution is 0.291. The van der Waals surface area contributed by atoms with E-state index in [-0.39, 0.29) is 6.61 Å². The molecule has 2 N–H and O–H groups in total. The maximum absolute atomic E-state index is 8.66. The van der Waals surface area contributed by atoms with Crippen LogP contribution in [0, 0.1) is 0 Å². The third-order valence-corrected chi connectivity index (χ3v) is 2.64. The number of aliphatic hydroxyl groups excluding tert-OH is 1. The zero-order valence-electron chi connectivity index (χ0n) is 10.7. The molecule has 0 unspecified atom stereocenters. The lowest BCUT2D eigenvalue weighted by Gasteiger charge is -2.07. The van der Waals surface area contributed by atoms with Crippen LogP contribution < -0.4 is 10.1 Å². The van der Waals surface area contributed by atoms with Gasteiger partial charge in [0.2, 0.25) is 0 Å². The standard InChI is InChI=1S/C15H18N2O2/c18-9-8-16-10-14-6-7-15(11-17-14)19-12-13-4-2-1-3-5-13/h1-7,11,16,18H,8-10,12H2. The quantitative estimate of drug-likeness (QED) is 0.743. The largest absolute Gasteiger partial charge is 0.487 e. The van der Waals surface area contributed by atoms with Crippen molar-refractivity contribution in [3.63, 3.8) is 0 Å². The van der Waals surface area contributed by atoms with Crippen LogP contribution in [-0.4, -0.2) is 23.2 Å². The molecule has 0 bridgehead atoms. The van der Waals surface area contributed by atoms with Crippen LogP contribution in [0.3, 0.4) is 0 Å². The Balaban J connectivity index is 1.81. The van der Waals surface area contributed by atoms with E-state index in [0.29, 0.717) is 19.7 Å². The second kappa shape index (κ2) is 7.51. The minimum atomic E-state index is 0.137. The molecule has 0 aliphatic rings. The van der Waals surface area contributed by atoms with Gasteiger partial charge < -0.3 is 15.2 Å². The summed E-state index contributed by atoms with van der Waals surface area (Å²) in [5.74, 6) is 0.759. The van der Waals surface area contributed by atoms with Gasteiger partial charge in [-0.3, -0.25) is 4.98 Å². The Hall–Kier alpha value is -1.91. The predicted molar refractivity (Wildman–Crippen MR) is 73.8 cm³/mol. The summed E-state index contributed by atoms with van der Waals surface area (Å²) in [5.41, 5.74) is 2.07. The van der Waals surface area contributed by atoms with Gasteiger partial charge in [0.25, 0.3) is 0 Å². The van der Waals surface area contributed by atoms with E-state index >= 15 is 0 Å². The van der Waals surface area contributed by atoms with Gasteiger partial charge in [-0.1, -0.05) is 30.3 Å². The van der Waals surface area contributed by atoms with E-state index < -0.39 is 0 Å². The summed E-state index contributed by atoms with van der Waals surface area (Å²) in [6.45, 7) is 1.91. The van der Waals surface area contributed by atoms with Gasteiger partial charge in [0.15, 0.2) is 0 Å². The first-order valence-corrected chi connectivity index (χ1v) is 6.32. The number of benzene rings is 1.